The molecular formula is C20H25N5O. The lowest BCUT2D eigenvalue weighted by Gasteiger charge is -2.39. The minimum atomic E-state index is 0.491. The lowest BCUT2D eigenvalue weighted by molar-refractivity contribution is 0.0893. The third kappa shape index (κ3) is 3.37. The zero-order valence-electron chi connectivity index (χ0n) is 15.6. The van der Waals surface area contributed by atoms with Crippen LogP contribution in [0.25, 0.3) is 0 Å². The van der Waals surface area contributed by atoms with E-state index in [1.165, 1.54) is 11.3 Å². The third-order valence-corrected chi connectivity index (χ3v) is 4.97. The van der Waals surface area contributed by atoms with Gasteiger partial charge in [-0.05, 0) is 43.7 Å². The zero-order valence-corrected chi connectivity index (χ0v) is 15.6. The number of rotatable bonds is 6. The second kappa shape index (κ2) is 6.96. The van der Waals surface area contributed by atoms with E-state index < -0.39 is 0 Å². The first-order valence-electron chi connectivity index (χ1n) is 9.00. The highest BCUT2D eigenvalue weighted by Gasteiger charge is 2.29. The number of hydrogen-bond donors (Lipinski definition) is 0. The van der Waals surface area contributed by atoms with Crippen LogP contribution in [0.5, 0.6) is 5.75 Å². The summed E-state index contributed by atoms with van der Waals surface area (Å²) in [5, 5.41) is 8.92. The summed E-state index contributed by atoms with van der Waals surface area (Å²) < 4.78 is 9.61. The van der Waals surface area contributed by atoms with E-state index in [0.29, 0.717) is 6.04 Å². The Hall–Kier alpha value is -2.60. The number of aromatic nitrogens is 4. The van der Waals surface area contributed by atoms with E-state index in [4.69, 9.17) is 4.74 Å². The molecule has 1 aliphatic heterocycles. The Bertz CT molecular complexity index is 878. The molecule has 0 spiro atoms. The summed E-state index contributed by atoms with van der Waals surface area (Å²) in [6, 6.07) is 11.0. The smallest absolute Gasteiger partial charge is 0.123 e. The molecule has 0 saturated carbocycles. The monoisotopic (exact) mass is 351 g/mol. The zero-order chi connectivity index (χ0) is 18.1. The van der Waals surface area contributed by atoms with Gasteiger partial charge in [-0.15, -0.1) is 0 Å². The molecule has 136 valence electrons. The topological polar surface area (TPSA) is 48.1 Å². The second-order valence-corrected chi connectivity index (χ2v) is 7.07. The first kappa shape index (κ1) is 16.8. The number of aryl methyl sites for hydroxylation is 2. The van der Waals surface area contributed by atoms with Crippen molar-refractivity contribution in [3.8, 4) is 5.75 Å². The van der Waals surface area contributed by atoms with Crippen LogP contribution in [0.4, 0.5) is 0 Å². The van der Waals surface area contributed by atoms with E-state index in [1.807, 2.05) is 16.9 Å². The standard InChI is InChI=1S/C20H25N5O/c1-15-9-16(2)25(22-15)19-13-23(14-19)11-17-5-6-20(26-3)18(10-17)12-24-8-4-7-21-24/h4-10,19H,11-14H2,1-3H3. The number of ether oxygens (including phenoxy) is 1. The fraction of sp³-hybridized carbons (Fsp3) is 0.400. The molecule has 0 amide bonds. The van der Waals surface area contributed by atoms with Crippen molar-refractivity contribution in [3.05, 3.63) is 65.2 Å². The quantitative estimate of drug-likeness (QED) is 0.685. The minimum Gasteiger partial charge on any atom is -0.496 e. The van der Waals surface area contributed by atoms with Gasteiger partial charge in [0, 0.05) is 43.3 Å². The summed E-state index contributed by atoms with van der Waals surface area (Å²) in [4.78, 5) is 2.46. The number of hydrogen-bond acceptors (Lipinski definition) is 4. The Morgan fingerprint density at radius 1 is 1.15 bits per heavy atom. The summed E-state index contributed by atoms with van der Waals surface area (Å²) in [5.74, 6) is 0.911. The first-order valence-corrected chi connectivity index (χ1v) is 9.00. The van der Waals surface area contributed by atoms with Crippen LogP contribution in [0.3, 0.4) is 0 Å². The molecule has 1 saturated heterocycles. The summed E-state index contributed by atoms with van der Waals surface area (Å²) in [7, 11) is 1.72. The van der Waals surface area contributed by atoms with E-state index in [9.17, 15) is 0 Å². The Labute approximate surface area is 154 Å². The van der Waals surface area contributed by atoms with E-state index in [0.717, 1.165) is 43.2 Å². The molecule has 6 nitrogen and oxygen atoms in total. The van der Waals surface area contributed by atoms with Gasteiger partial charge in [0.15, 0.2) is 0 Å². The Morgan fingerprint density at radius 2 is 2.00 bits per heavy atom. The largest absolute Gasteiger partial charge is 0.496 e. The maximum absolute atomic E-state index is 5.52. The summed E-state index contributed by atoms with van der Waals surface area (Å²) in [5.41, 5.74) is 4.81. The highest BCUT2D eigenvalue weighted by atomic mass is 16.5. The van der Waals surface area contributed by atoms with Crippen molar-refractivity contribution in [2.24, 2.45) is 0 Å². The summed E-state index contributed by atoms with van der Waals surface area (Å²) in [6.45, 7) is 7.95. The molecule has 1 aliphatic rings. The van der Waals surface area contributed by atoms with Gasteiger partial charge in [0.2, 0.25) is 0 Å². The van der Waals surface area contributed by atoms with Crippen LogP contribution >= 0.6 is 0 Å². The highest BCUT2D eigenvalue weighted by molar-refractivity contribution is 5.37. The van der Waals surface area contributed by atoms with E-state index in [2.05, 4.69) is 57.9 Å². The molecule has 1 aromatic carbocycles. The average Bonchev–Trinajstić information content (AvgIpc) is 3.20. The SMILES string of the molecule is COc1ccc(CN2CC(n3nc(C)cc3C)C2)cc1Cn1cccn1. The Balaban J connectivity index is 1.42. The van der Waals surface area contributed by atoms with Crippen LogP contribution in [0.2, 0.25) is 0 Å². The number of benzene rings is 1. The van der Waals surface area contributed by atoms with E-state index >= 15 is 0 Å². The van der Waals surface area contributed by atoms with Gasteiger partial charge in [-0.25, -0.2) is 0 Å². The molecule has 2 aromatic heterocycles. The van der Waals surface area contributed by atoms with Crippen LogP contribution in [0, 0.1) is 13.8 Å². The van der Waals surface area contributed by atoms with Gasteiger partial charge in [-0.3, -0.25) is 14.3 Å². The fourth-order valence-electron chi connectivity index (χ4n) is 3.72. The lowest BCUT2D eigenvalue weighted by Crippen LogP contribution is -2.47. The van der Waals surface area contributed by atoms with Gasteiger partial charge in [-0.2, -0.15) is 10.2 Å². The highest BCUT2D eigenvalue weighted by Crippen LogP contribution is 2.27. The van der Waals surface area contributed by atoms with Crippen LogP contribution in [-0.4, -0.2) is 44.7 Å². The van der Waals surface area contributed by atoms with Gasteiger partial charge < -0.3 is 4.74 Å². The number of methoxy groups -OCH3 is 1. The predicted octanol–water partition coefficient (Wildman–Crippen LogP) is 2.81. The molecule has 0 unspecified atom stereocenters. The molecular weight excluding hydrogens is 326 g/mol. The minimum absolute atomic E-state index is 0.491. The Morgan fingerprint density at radius 3 is 2.65 bits per heavy atom. The van der Waals surface area contributed by atoms with Crippen molar-refractivity contribution in [2.75, 3.05) is 20.2 Å². The van der Waals surface area contributed by atoms with Gasteiger partial charge in [0.25, 0.3) is 0 Å². The van der Waals surface area contributed by atoms with Crippen molar-refractivity contribution < 1.29 is 4.74 Å². The van der Waals surface area contributed by atoms with Crippen LogP contribution in [0.1, 0.15) is 28.6 Å². The normalized spacial score (nSPS) is 15.2. The van der Waals surface area contributed by atoms with Crippen molar-refractivity contribution in [1.82, 2.24) is 24.5 Å². The fourth-order valence-corrected chi connectivity index (χ4v) is 3.72. The summed E-state index contributed by atoms with van der Waals surface area (Å²) in [6.07, 6.45) is 3.77. The Kier molecular flexibility index (Phi) is 4.51. The van der Waals surface area contributed by atoms with Crippen LogP contribution in [-0.2, 0) is 13.1 Å². The van der Waals surface area contributed by atoms with Crippen LogP contribution < -0.4 is 4.74 Å². The van der Waals surface area contributed by atoms with Crippen molar-refractivity contribution in [2.45, 2.75) is 33.0 Å². The third-order valence-electron chi connectivity index (χ3n) is 4.97. The second-order valence-electron chi connectivity index (χ2n) is 7.07. The first-order chi connectivity index (χ1) is 12.6. The molecule has 1 fully saturated rings. The molecule has 6 heteroatoms. The van der Waals surface area contributed by atoms with Gasteiger partial charge in [-0.1, -0.05) is 6.07 Å². The van der Waals surface area contributed by atoms with Gasteiger partial charge in [0.1, 0.15) is 5.75 Å². The lowest BCUT2D eigenvalue weighted by atomic mass is 10.0. The molecule has 0 aliphatic carbocycles. The molecule has 3 heterocycles. The molecule has 0 N–H and O–H groups in total. The molecule has 0 atom stereocenters. The van der Waals surface area contributed by atoms with Crippen molar-refractivity contribution in [1.29, 1.82) is 0 Å². The molecule has 26 heavy (non-hydrogen) atoms. The molecule has 4 rings (SSSR count). The average molecular weight is 351 g/mol. The predicted molar refractivity (Wildman–Crippen MR) is 100 cm³/mol. The van der Waals surface area contributed by atoms with E-state index in [1.54, 1.807) is 13.3 Å². The van der Waals surface area contributed by atoms with Crippen molar-refractivity contribution >= 4 is 0 Å². The van der Waals surface area contributed by atoms with Crippen LogP contribution in [0.15, 0.2) is 42.7 Å². The number of likely N-dealkylation sites (tertiary alicyclic amines) is 1. The van der Waals surface area contributed by atoms with Crippen molar-refractivity contribution in [3.63, 3.8) is 0 Å². The maximum Gasteiger partial charge on any atom is 0.123 e. The maximum atomic E-state index is 5.52. The van der Waals surface area contributed by atoms with Gasteiger partial charge >= 0.3 is 0 Å². The molecule has 0 bridgehead atoms. The number of nitrogens with zero attached hydrogens (tertiary/aromatic N) is 5. The van der Waals surface area contributed by atoms with Gasteiger partial charge in [0.05, 0.1) is 25.4 Å². The molecule has 3 aromatic rings. The molecule has 0 radical (unpaired) electrons. The van der Waals surface area contributed by atoms with E-state index in [-0.39, 0.29) is 0 Å². The summed E-state index contributed by atoms with van der Waals surface area (Å²) >= 11 is 0.